The topological polar surface area (TPSA) is 82.9 Å². The molecule has 3 rings (SSSR count). The molecule has 6 nitrogen and oxygen atoms in total. The van der Waals surface area contributed by atoms with Gasteiger partial charge in [0.25, 0.3) is 5.91 Å². The summed E-state index contributed by atoms with van der Waals surface area (Å²) in [6, 6.07) is 9.80. The number of aromatic nitrogens is 1. The van der Waals surface area contributed by atoms with Crippen molar-refractivity contribution in [2.24, 2.45) is 0 Å². The number of amides is 1. The zero-order valence-electron chi connectivity index (χ0n) is 14.3. The number of aromatic hydroxyl groups is 1. The lowest BCUT2D eigenvalue weighted by atomic mass is 9.86. The van der Waals surface area contributed by atoms with Crippen molar-refractivity contribution in [2.75, 3.05) is 13.7 Å². The molecule has 1 aliphatic heterocycles. The molecule has 25 heavy (non-hydrogen) atoms. The standard InChI is InChI=1S/C19H22N2O4/c1-19(24,13-7-9-14(25-2)10-8-13)16-6-4-12-21(16)18(23)17-15(22)5-3-11-20-17/h3,5,7-11,16,22,24H,4,6,12H2,1-2H3/t16-,19-/m1/s1. The third-order valence-electron chi connectivity index (χ3n) is 4.83. The number of ether oxygens (including phenoxy) is 1. The Kier molecular flexibility index (Phi) is 4.63. The Hall–Kier alpha value is -2.60. The summed E-state index contributed by atoms with van der Waals surface area (Å²) in [4.78, 5) is 18.4. The monoisotopic (exact) mass is 342 g/mol. The van der Waals surface area contributed by atoms with Gasteiger partial charge in [0, 0.05) is 12.7 Å². The Labute approximate surface area is 146 Å². The minimum atomic E-state index is -1.22. The van der Waals surface area contributed by atoms with E-state index in [1.807, 2.05) is 0 Å². The molecule has 1 aromatic heterocycles. The van der Waals surface area contributed by atoms with Crippen LogP contribution in [0, 0.1) is 0 Å². The van der Waals surface area contributed by atoms with Gasteiger partial charge in [-0.15, -0.1) is 0 Å². The number of likely N-dealkylation sites (tertiary alicyclic amines) is 1. The number of hydrogen-bond acceptors (Lipinski definition) is 5. The summed E-state index contributed by atoms with van der Waals surface area (Å²) >= 11 is 0. The van der Waals surface area contributed by atoms with E-state index in [4.69, 9.17) is 4.74 Å². The maximum absolute atomic E-state index is 12.8. The van der Waals surface area contributed by atoms with Crippen molar-refractivity contribution in [2.45, 2.75) is 31.4 Å². The highest BCUT2D eigenvalue weighted by Crippen LogP contribution is 2.36. The van der Waals surface area contributed by atoms with Gasteiger partial charge in [0.15, 0.2) is 5.69 Å². The predicted molar refractivity (Wildman–Crippen MR) is 92.5 cm³/mol. The first kappa shape index (κ1) is 17.2. The Morgan fingerprint density at radius 1 is 1.32 bits per heavy atom. The molecule has 2 heterocycles. The lowest BCUT2D eigenvalue weighted by Gasteiger charge is -2.37. The summed E-state index contributed by atoms with van der Waals surface area (Å²) in [7, 11) is 1.59. The van der Waals surface area contributed by atoms with Crippen LogP contribution in [0.4, 0.5) is 0 Å². The number of benzene rings is 1. The van der Waals surface area contributed by atoms with E-state index in [9.17, 15) is 15.0 Å². The second-order valence-electron chi connectivity index (χ2n) is 6.40. The number of hydrogen-bond donors (Lipinski definition) is 2. The van der Waals surface area contributed by atoms with Gasteiger partial charge in [-0.05, 0) is 49.6 Å². The maximum atomic E-state index is 12.8. The molecule has 1 fully saturated rings. The minimum Gasteiger partial charge on any atom is -0.505 e. The highest BCUT2D eigenvalue weighted by molar-refractivity contribution is 5.95. The van der Waals surface area contributed by atoms with Crippen LogP contribution in [0.1, 0.15) is 35.8 Å². The zero-order chi connectivity index (χ0) is 18.0. The molecule has 1 amide bonds. The minimum absolute atomic E-state index is 0.0138. The van der Waals surface area contributed by atoms with E-state index >= 15 is 0 Å². The van der Waals surface area contributed by atoms with Gasteiger partial charge in [-0.1, -0.05) is 12.1 Å². The molecule has 1 aliphatic rings. The van der Waals surface area contributed by atoms with Crippen LogP contribution in [0.2, 0.25) is 0 Å². The number of nitrogens with zero attached hydrogens (tertiary/aromatic N) is 2. The molecule has 132 valence electrons. The number of rotatable bonds is 4. The molecule has 0 aliphatic carbocycles. The molecule has 1 aromatic carbocycles. The third kappa shape index (κ3) is 3.17. The molecule has 0 saturated carbocycles. The fourth-order valence-electron chi connectivity index (χ4n) is 3.41. The molecular formula is C19H22N2O4. The van der Waals surface area contributed by atoms with Gasteiger partial charge < -0.3 is 19.8 Å². The van der Waals surface area contributed by atoms with Crippen LogP contribution in [-0.2, 0) is 5.60 Å². The average molecular weight is 342 g/mol. The zero-order valence-corrected chi connectivity index (χ0v) is 14.3. The molecule has 0 spiro atoms. The van der Waals surface area contributed by atoms with Crippen molar-refractivity contribution in [1.29, 1.82) is 0 Å². The molecule has 0 radical (unpaired) electrons. The van der Waals surface area contributed by atoms with Gasteiger partial charge in [0.2, 0.25) is 0 Å². The summed E-state index contributed by atoms with van der Waals surface area (Å²) in [5.41, 5.74) is -0.494. The lowest BCUT2D eigenvalue weighted by Crippen LogP contribution is -2.48. The molecule has 2 aromatic rings. The maximum Gasteiger partial charge on any atom is 0.276 e. The number of aliphatic hydroxyl groups is 1. The second-order valence-corrected chi connectivity index (χ2v) is 6.40. The summed E-state index contributed by atoms with van der Waals surface area (Å²) in [5, 5.41) is 21.1. The van der Waals surface area contributed by atoms with Crippen LogP contribution in [0.3, 0.4) is 0 Å². The van der Waals surface area contributed by atoms with Crippen LogP contribution in [0.15, 0.2) is 42.6 Å². The van der Waals surface area contributed by atoms with Gasteiger partial charge >= 0.3 is 0 Å². The van der Waals surface area contributed by atoms with Crippen LogP contribution < -0.4 is 4.74 Å². The SMILES string of the molecule is COc1ccc([C@@](C)(O)[C@H]2CCCN2C(=O)c2ncccc2O)cc1. The van der Waals surface area contributed by atoms with E-state index in [0.29, 0.717) is 24.3 Å². The Morgan fingerprint density at radius 3 is 2.68 bits per heavy atom. The highest BCUT2D eigenvalue weighted by Gasteiger charge is 2.43. The van der Waals surface area contributed by atoms with E-state index in [0.717, 1.165) is 6.42 Å². The molecular weight excluding hydrogens is 320 g/mol. The summed E-state index contributed by atoms with van der Waals surface area (Å²) in [6.07, 6.45) is 2.94. The van der Waals surface area contributed by atoms with Crippen molar-refractivity contribution in [3.63, 3.8) is 0 Å². The van der Waals surface area contributed by atoms with E-state index in [-0.39, 0.29) is 17.4 Å². The van der Waals surface area contributed by atoms with E-state index in [2.05, 4.69) is 4.98 Å². The first-order chi connectivity index (χ1) is 11.9. The van der Waals surface area contributed by atoms with Crippen LogP contribution >= 0.6 is 0 Å². The predicted octanol–water partition coefficient (Wildman–Crippen LogP) is 2.31. The molecule has 2 atom stereocenters. The Morgan fingerprint density at radius 2 is 2.04 bits per heavy atom. The number of methoxy groups -OCH3 is 1. The van der Waals surface area contributed by atoms with Crippen LogP contribution in [0.25, 0.3) is 0 Å². The first-order valence-electron chi connectivity index (χ1n) is 8.27. The summed E-state index contributed by atoms with van der Waals surface area (Å²) < 4.78 is 5.16. The first-order valence-corrected chi connectivity index (χ1v) is 8.27. The van der Waals surface area contributed by atoms with Gasteiger partial charge in [-0.3, -0.25) is 4.79 Å². The highest BCUT2D eigenvalue weighted by atomic mass is 16.5. The molecule has 0 bridgehead atoms. The van der Waals surface area contributed by atoms with Crippen LogP contribution in [-0.4, -0.2) is 45.7 Å². The van der Waals surface area contributed by atoms with Crippen molar-refractivity contribution in [3.8, 4) is 11.5 Å². The summed E-state index contributed by atoms with van der Waals surface area (Å²) in [6.45, 7) is 2.23. The molecule has 0 unspecified atom stereocenters. The third-order valence-corrected chi connectivity index (χ3v) is 4.83. The largest absolute Gasteiger partial charge is 0.505 e. The van der Waals surface area contributed by atoms with Crippen molar-refractivity contribution >= 4 is 5.91 Å². The van der Waals surface area contributed by atoms with Crippen molar-refractivity contribution in [1.82, 2.24) is 9.88 Å². The van der Waals surface area contributed by atoms with Gasteiger partial charge in [0.1, 0.15) is 17.1 Å². The lowest BCUT2D eigenvalue weighted by molar-refractivity contribution is -0.0180. The Balaban J connectivity index is 1.89. The van der Waals surface area contributed by atoms with Gasteiger partial charge in [0.05, 0.1) is 13.2 Å². The number of pyridine rings is 1. The number of carbonyl (C=O) groups is 1. The fourth-order valence-corrected chi connectivity index (χ4v) is 3.41. The van der Waals surface area contributed by atoms with E-state index in [1.54, 1.807) is 49.3 Å². The second kappa shape index (κ2) is 6.72. The fraction of sp³-hybridized carbons (Fsp3) is 0.368. The molecule has 2 N–H and O–H groups in total. The van der Waals surface area contributed by atoms with Gasteiger partial charge in [-0.25, -0.2) is 4.98 Å². The Bertz CT molecular complexity index is 758. The van der Waals surface area contributed by atoms with Crippen molar-refractivity contribution < 1.29 is 19.7 Å². The normalized spacial score (nSPS) is 19.5. The number of carbonyl (C=O) groups excluding carboxylic acids is 1. The molecule has 6 heteroatoms. The van der Waals surface area contributed by atoms with E-state index in [1.165, 1.54) is 12.3 Å². The van der Waals surface area contributed by atoms with E-state index < -0.39 is 11.6 Å². The quantitative estimate of drug-likeness (QED) is 0.891. The van der Waals surface area contributed by atoms with Crippen LogP contribution in [0.5, 0.6) is 11.5 Å². The average Bonchev–Trinajstić information content (AvgIpc) is 3.12. The smallest absolute Gasteiger partial charge is 0.276 e. The van der Waals surface area contributed by atoms with Gasteiger partial charge in [-0.2, -0.15) is 0 Å². The summed E-state index contributed by atoms with van der Waals surface area (Å²) in [5.74, 6) is 0.189. The molecule has 1 saturated heterocycles. The van der Waals surface area contributed by atoms with Crippen molar-refractivity contribution in [3.05, 3.63) is 53.9 Å².